The van der Waals surface area contributed by atoms with Gasteiger partial charge in [0.25, 0.3) is 0 Å². The number of aromatic nitrogens is 1. The number of pyridine rings is 1. The van der Waals surface area contributed by atoms with Gasteiger partial charge < -0.3 is 5.32 Å². The Hall–Kier alpha value is -1.26. The number of halogens is 2. The second-order valence-corrected chi connectivity index (χ2v) is 5.07. The van der Waals surface area contributed by atoms with Crippen LogP contribution in [0, 0.1) is 5.82 Å². The predicted octanol–water partition coefficient (Wildman–Crippen LogP) is 4.21. The van der Waals surface area contributed by atoms with Crippen molar-refractivity contribution < 1.29 is 4.39 Å². The lowest BCUT2D eigenvalue weighted by molar-refractivity contribution is 0.626. The van der Waals surface area contributed by atoms with E-state index in [1.165, 1.54) is 12.1 Å². The molecule has 0 bridgehead atoms. The number of hydrogen-bond acceptors (Lipinski definition) is 3. The van der Waals surface area contributed by atoms with E-state index in [-0.39, 0.29) is 5.82 Å². The predicted molar refractivity (Wildman–Crippen MR) is 74.8 cm³/mol. The number of anilines is 1. The van der Waals surface area contributed by atoms with Gasteiger partial charge in [0.1, 0.15) is 11.6 Å². The minimum Gasteiger partial charge on any atom is -0.373 e. The van der Waals surface area contributed by atoms with Gasteiger partial charge in [-0.2, -0.15) is 0 Å². The van der Waals surface area contributed by atoms with Crippen LogP contribution in [0.3, 0.4) is 0 Å². The molecule has 0 spiro atoms. The summed E-state index contributed by atoms with van der Waals surface area (Å²) in [7, 11) is 1.81. The van der Waals surface area contributed by atoms with Crippen LogP contribution in [0.2, 0.25) is 5.02 Å². The fourth-order valence-corrected chi connectivity index (χ4v) is 2.51. The first-order valence-electron chi connectivity index (χ1n) is 5.40. The number of hydrogen-bond donors (Lipinski definition) is 1. The lowest BCUT2D eigenvalue weighted by atomic mass is 10.3. The third-order valence-electron chi connectivity index (χ3n) is 2.36. The van der Waals surface area contributed by atoms with Gasteiger partial charge in [-0.1, -0.05) is 11.6 Å². The molecule has 0 amide bonds. The Kier molecular flexibility index (Phi) is 4.44. The fourth-order valence-electron chi connectivity index (χ4n) is 1.41. The van der Waals surface area contributed by atoms with Gasteiger partial charge in [0.2, 0.25) is 0 Å². The molecule has 0 saturated heterocycles. The Morgan fingerprint density at radius 2 is 1.94 bits per heavy atom. The maximum atomic E-state index is 12.8. The van der Waals surface area contributed by atoms with Gasteiger partial charge in [-0.05, 0) is 36.4 Å². The van der Waals surface area contributed by atoms with Crippen LogP contribution in [0.4, 0.5) is 10.2 Å². The third kappa shape index (κ3) is 3.37. The summed E-state index contributed by atoms with van der Waals surface area (Å²) in [6, 6.07) is 10.0. The van der Waals surface area contributed by atoms with E-state index in [0.717, 1.165) is 16.4 Å². The van der Waals surface area contributed by atoms with Gasteiger partial charge in [-0.15, -0.1) is 11.8 Å². The molecule has 1 N–H and O–H groups in total. The Morgan fingerprint density at radius 1 is 1.22 bits per heavy atom. The van der Waals surface area contributed by atoms with Gasteiger partial charge in [0.15, 0.2) is 0 Å². The summed E-state index contributed by atoms with van der Waals surface area (Å²) in [5.74, 6) is 1.21. The Balaban J connectivity index is 2.07. The standard InChI is InChI=1S/C13H12ClFN2S/c1-16-13-7-6-11(14)12(17-13)8-18-10-4-2-9(15)3-5-10/h2-7H,8H2,1H3,(H,16,17). The highest BCUT2D eigenvalue weighted by Crippen LogP contribution is 2.26. The fraction of sp³-hybridized carbons (Fsp3) is 0.154. The number of nitrogens with zero attached hydrogens (tertiary/aromatic N) is 1. The zero-order chi connectivity index (χ0) is 13.0. The summed E-state index contributed by atoms with van der Waals surface area (Å²) >= 11 is 7.66. The first-order valence-corrected chi connectivity index (χ1v) is 6.77. The molecule has 0 aliphatic heterocycles. The van der Waals surface area contributed by atoms with E-state index in [0.29, 0.717) is 10.8 Å². The highest BCUT2D eigenvalue weighted by atomic mass is 35.5. The van der Waals surface area contributed by atoms with Gasteiger partial charge in [0, 0.05) is 17.7 Å². The molecule has 2 aromatic rings. The molecule has 94 valence electrons. The molecule has 5 heteroatoms. The van der Waals surface area contributed by atoms with Crippen molar-refractivity contribution in [1.82, 2.24) is 4.98 Å². The molecule has 1 aromatic carbocycles. The van der Waals surface area contributed by atoms with Crippen molar-refractivity contribution in [3.05, 3.63) is 52.9 Å². The highest BCUT2D eigenvalue weighted by Gasteiger charge is 2.04. The molecule has 0 fully saturated rings. The zero-order valence-electron chi connectivity index (χ0n) is 9.78. The molecule has 0 radical (unpaired) electrons. The van der Waals surface area contributed by atoms with Gasteiger partial charge in [-0.3, -0.25) is 0 Å². The van der Waals surface area contributed by atoms with E-state index >= 15 is 0 Å². The van der Waals surface area contributed by atoms with E-state index < -0.39 is 0 Å². The quantitative estimate of drug-likeness (QED) is 0.851. The molecule has 0 aliphatic rings. The van der Waals surface area contributed by atoms with Crippen molar-refractivity contribution in [2.75, 3.05) is 12.4 Å². The Labute approximate surface area is 115 Å². The van der Waals surface area contributed by atoms with Crippen molar-refractivity contribution in [3.8, 4) is 0 Å². The normalized spacial score (nSPS) is 10.4. The number of rotatable bonds is 4. The van der Waals surface area contributed by atoms with Crippen molar-refractivity contribution in [1.29, 1.82) is 0 Å². The molecule has 0 atom stereocenters. The summed E-state index contributed by atoms with van der Waals surface area (Å²) in [6.45, 7) is 0. The molecule has 18 heavy (non-hydrogen) atoms. The van der Waals surface area contributed by atoms with Crippen LogP contribution in [-0.4, -0.2) is 12.0 Å². The van der Waals surface area contributed by atoms with E-state index in [9.17, 15) is 4.39 Å². The monoisotopic (exact) mass is 282 g/mol. The van der Waals surface area contributed by atoms with Crippen LogP contribution in [0.25, 0.3) is 0 Å². The van der Waals surface area contributed by atoms with E-state index in [1.54, 1.807) is 23.9 Å². The second kappa shape index (κ2) is 6.07. The summed E-state index contributed by atoms with van der Waals surface area (Å²) in [4.78, 5) is 5.38. The van der Waals surface area contributed by atoms with Crippen LogP contribution >= 0.6 is 23.4 Å². The average Bonchev–Trinajstić information content (AvgIpc) is 2.40. The van der Waals surface area contributed by atoms with Gasteiger partial charge >= 0.3 is 0 Å². The lowest BCUT2D eigenvalue weighted by Gasteiger charge is -2.06. The van der Waals surface area contributed by atoms with Crippen LogP contribution in [0.1, 0.15) is 5.69 Å². The van der Waals surface area contributed by atoms with Gasteiger partial charge in [-0.25, -0.2) is 9.37 Å². The molecule has 1 heterocycles. The topological polar surface area (TPSA) is 24.9 Å². The zero-order valence-corrected chi connectivity index (χ0v) is 11.4. The van der Waals surface area contributed by atoms with Crippen molar-refractivity contribution >= 4 is 29.2 Å². The number of benzene rings is 1. The van der Waals surface area contributed by atoms with E-state index in [1.807, 2.05) is 19.2 Å². The summed E-state index contributed by atoms with van der Waals surface area (Å²) in [6.07, 6.45) is 0. The Morgan fingerprint density at radius 3 is 2.61 bits per heavy atom. The summed E-state index contributed by atoms with van der Waals surface area (Å²) in [5, 5.41) is 3.61. The molecule has 0 unspecified atom stereocenters. The SMILES string of the molecule is CNc1ccc(Cl)c(CSc2ccc(F)cc2)n1. The van der Waals surface area contributed by atoms with Crippen molar-refractivity contribution in [2.45, 2.75) is 10.6 Å². The van der Waals surface area contributed by atoms with Crippen molar-refractivity contribution in [2.24, 2.45) is 0 Å². The first kappa shape index (κ1) is 13.2. The molecule has 2 rings (SSSR count). The summed E-state index contributed by atoms with van der Waals surface area (Å²) < 4.78 is 12.8. The van der Waals surface area contributed by atoms with Crippen molar-refractivity contribution in [3.63, 3.8) is 0 Å². The van der Waals surface area contributed by atoms with Crippen LogP contribution in [0.5, 0.6) is 0 Å². The van der Waals surface area contributed by atoms with Crippen LogP contribution in [-0.2, 0) is 5.75 Å². The first-order chi connectivity index (χ1) is 8.69. The number of thioether (sulfide) groups is 1. The molecular formula is C13H12ClFN2S. The lowest BCUT2D eigenvalue weighted by Crippen LogP contribution is -1.96. The Bertz CT molecular complexity index is 531. The maximum Gasteiger partial charge on any atom is 0.126 e. The molecular weight excluding hydrogens is 271 g/mol. The second-order valence-electron chi connectivity index (χ2n) is 3.62. The number of nitrogens with one attached hydrogen (secondary N) is 1. The average molecular weight is 283 g/mol. The summed E-state index contributed by atoms with van der Waals surface area (Å²) in [5.41, 5.74) is 0.817. The minimum atomic E-state index is -0.229. The third-order valence-corrected chi connectivity index (χ3v) is 3.73. The molecule has 0 saturated carbocycles. The smallest absolute Gasteiger partial charge is 0.126 e. The van der Waals surface area contributed by atoms with E-state index in [4.69, 9.17) is 11.6 Å². The van der Waals surface area contributed by atoms with E-state index in [2.05, 4.69) is 10.3 Å². The molecule has 0 aliphatic carbocycles. The maximum absolute atomic E-state index is 12.8. The van der Waals surface area contributed by atoms with Crippen LogP contribution in [0.15, 0.2) is 41.3 Å². The largest absolute Gasteiger partial charge is 0.373 e. The van der Waals surface area contributed by atoms with Gasteiger partial charge in [0.05, 0.1) is 10.7 Å². The highest BCUT2D eigenvalue weighted by molar-refractivity contribution is 7.98. The van der Waals surface area contributed by atoms with Crippen LogP contribution < -0.4 is 5.32 Å². The minimum absolute atomic E-state index is 0.229. The molecule has 1 aromatic heterocycles. The molecule has 2 nitrogen and oxygen atoms in total.